The third-order valence-electron chi connectivity index (χ3n) is 2.48. The van der Waals surface area contributed by atoms with Crippen molar-refractivity contribution in [2.45, 2.75) is 11.1 Å². The zero-order valence-electron chi connectivity index (χ0n) is 10.2. The lowest BCUT2D eigenvalue weighted by molar-refractivity contribution is -0.137. The maximum atomic E-state index is 13.3. The summed E-state index contributed by atoms with van der Waals surface area (Å²) in [6.07, 6.45) is -3.39. The Morgan fingerprint density at radius 3 is 2.19 bits per heavy atom. The van der Waals surface area contributed by atoms with Crippen LogP contribution in [0.4, 0.5) is 23.4 Å². The predicted octanol–water partition coefficient (Wildman–Crippen LogP) is 3.04. The molecule has 9 heteroatoms. The first-order valence-electron chi connectivity index (χ1n) is 5.51. The molecule has 4 nitrogen and oxygen atoms in total. The van der Waals surface area contributed by atoms with E-state index in [0.717, 1.165) is 18.2 Å². The molecule has 0 aliphatic heterocycles. The Hall–Kier alpha value is -2.16. The van der Waals surface area contributed by atoms with Gasteiger partial charge in [0.2, 0.25) is 0 Å². The average Bonchev–Trinajstić information content (AvgIpc) is 2.40. The number of pyridine rings is 1. The molecule has 0 unspecified atom stereocenters. The zero-order valence-corrected chi connectivity index (χ0v) is 11.0. The van der Waals surface area contributed by atoms with Gasteiger partial charge in [-0.15, -0.1) is 0 Å². The summed E-state index contributed by atoms with van der Waals surface area (Å²) < 4.78 is 76.2. The Balaban J connectivity index is 2.30. The normalized spacial score (nSPS) is 12.2. The highest BCUT2D eigenvalue weighted by atomic mass is 32.2. The molecule has 0 spiro atoms. The predicted molar refractivity (Wildman–Crippen MR) is 66.4 cm³/mol. The van der Waals surface area contributed by atoms with Crippen LogP contribution in [0.3, 0.4) is 0 Å². The fourth-order valence-corrected chi connectivity index (χ4v) is 2.49. The molecule has 2 rings (SSSR count). The van der Waals surface area contributed by atoms with Gasteiger partial charge in [0.05, 0.1) is 10.5 Å². The molecule has 0 aliphatic carbocycles. The van der Waals surface area contributed by atoms with E-state index in [1.54, 1.807) is 0 Å². The molecule has 1 heterocycles. The minimum Gasteiger partial charge on any atom is -0.261 e. The number of nitrogens with one attached hydrogen (secondary N) is 1. The van der Waals surface area contributed by atoms with Gasteiger partial charge in [0.25, 0.3) is 10.0 Å². The highest BCUT2D eigenvalue weighted by Crippen LogP contribution is 2.30. The number of hydrogen-bond acceptors (Lipinski definition) is 3. The van der Waals surface area contributed by atoms with E-state index in [0.29, 0.717) is 12.1 Å². The smallest absolute Gasteiger partial charge is 0.261 e. The molecule has 1 aromatic carbocycles. The molecule has 0 bridgehead atoms. The maximum Gasteiger partial charge on any atom is 0.416 e. The lowest BCUT2D eigenvalue weighted by atomic mass is 10.2. The van der Waals surface area contributed by atoms with Crippen LogP contribution in [0.1, 0.15) is 5.56 Å². The molecule has 0 atom stereocenters. The number of halogens is 4. The molecular formula is C12H8F4N2O2S. The summed E-state index contributed by atoms with van der Waals surface area (Å²) in [4.78, 5) is 3.07. The SMILES string of the molecule is O=S(=O)(Nc1ncccc1F)c1ccc(C(F)(F)F)cc1. The highest BCUT2D eigenvalue weighted by molar-refractivity contribution is 7.92. The molecule has 1 N–H and O–H groups in total. The summed E-state index contributed by atoms with van der Waals surface area (Å²) in [6, 6.07) is 5.09. The number of nitrogens with zero attached hydrogens (tertiary/aromatic N) is 1. The van der Waals surface area contributed by atoms with Gasteiger partial charge in [-0.3, -0.25) is 4.72 Å². The lowest BCUT2D eigenvalue weighted by Gasteiger charge is -2.10. The minimum absolute atomic E-state index is 0.430. The van der Waals surface area contributed by atoms with Crippen molar-refractivity contribution in [2.24, 2.45) is 0 Å². The van der Waals surface area contributed by atoms with Gasteiger partial charge in [-0.2, -0.15) is 13.2 Å². The molecule has 21 heavy (non-hydrogen) atoms. The summed E-state index contributed by atoms with van der Waals surface area (Å²) >= 11 is 0. The van der Waals surface area contributed by atoms with Crippen molar-refractivity contribution in [2.75, 3.05) is 4.72 Å². The van der Waals surface area contributed by atoms with Crippen molar-refractivity contribution in [3.63, 3.8) is 0 Å². The fourth-order valence-electron chi connectivity index (χ4n) is 1.47. The van der Waals surface area contributed by atoms with E-state index in [1.807, 2.05) is 4.72 Å². The van der Waals surface area contributed by atoms with E-state index in [9.17, 15) is 26.0 Å². The van der Waals surface area contributed by atoms with Gasteiger partial charge in [0, 0.05) is 6.20 Å². The molecule has 0 aliphatic rings. The molecule has 0 saturated heterocycles. The van der Waals surface area contributed by atoms with Crippen LogP contribution in [0.2, 0.25) is 0 Å². The van der Waals surface area contributed by atoms with E-state index in [2.05, 4.69) is 4.98 Å². The van der Waals surface area contributed by atoms with Crippen molar-refractivity contribution in [3.8, 4) is 0 Å². The molecule has 112 valence electrons. The van der Waals surface area contributed by atoms with Crippen molar-refractivity contribution < 1.29 is 26.0 Å². The van der Waals surface area contributed by atoms with Crippen LogP contribution < -0.4 is 4.72 Å². The highest BCUT2D eigenvalue weighted by Gasteiger charge is 2.30. The van der Waals surface area contributed by atoms with E-state index in [-0.39, 0.29) is 0 Å². The van der Waals surface area contributed by atoms with Crippen LogP contribution in [-0.4, -0.2) is 13.4 Å². The van der Waals surface area contributed by atoms with Crippen molar-refractivity contribution in [1.29, 1.82) is 0 Å². The quantitative estimate of drug-likeness (QED) is 0.884. The second kappa shape index (κ2) is 5.32. The summed E-state index contributed by atoms with van der Waals surface area (Å²) in [5.41, 5.74) is -0.981. The Labute approximate surface area is 117 Å². The van der Waals surface area contributed by atoms with E-state index >= 15 is 0 Å². The number of rotatable bonds is 3. The number of alkyl halides is 3. The van der Waals surface area contributed by atoms with Crippen molar-refractivity contribution in [3.05, 3.63) is 54.0 Å². The van der Waals surface area contributed by atoms with Crippen LogP contribution >= 0.6 is 0 Å². The van der Waals surface area contributed by atoms with E-state index < -0.39 is 38.3 Å². The van der Waals surface area contributed by atoms with E-state index in [4.69, 9.17) is 0 Å². The van der Waals surface area contributed by atoms with Gasteiger partial charge >= 0.3 is 6.18 Å². The molecule has 0 amide bonds. The Morgan fingerprint density at radius 2 is 1.67 bits per heavy atom. The molecule has 2 aromatic rings. The third kappa shape index (κ3) is 3.48. The van der Waals surface area contributed by atoms with Crippen molar-refractivity contribution in [1.82, 2.24) is 4.98 Å². The van der Waals surface area contributed by atoms with Gasteiger partial charge in [-0.05, 0) is 36.4 Å². The Morgan fingerprint density at radius 1 is 1.05 bits per heavy atom. The van der Waals surface area contributed by atoms with Gasteiger partial charge < -0.3 is 0 Å². The summed E-state index contributed by atoms with van der Waals surface area (Å²) in [7, 11) is -4.22. The molecule has 0 saturated carbocycles. The first-order valence-corrected chi connectivity index (χ1v) is 6.99. The molecule has 0 radical (unpaired) electrons. The molecule has 1 aromatic heterocycles. The van der Waals surface area contributed by atoms with Crippen LogP contribution in [0, 0.1) is 5.82 Å². The maximum absolute atomic E-state index is 13.3. The summed E-state index contributed by atoms with van der Waals surface area (Å²) in [5.74, 6) is -1.43. The van der Waals surface area contributed by atoms with Crippen molar-refractivity contribution >= 4 is 15.8 Å². The van der Waals surface area contributed by atoms with Gasteiger partial charge in [0.15, 0.2) is 11.6 Å². The minimum atomic E-state index is -4.57. The largest absolute Gasteiger partial charge is 0.416 e. The number of hydrogen-bond donors (Lipinski definition) is 1. The topological polar surface area (TPSA) is 59.1 Å². The second-order valence-corrected chi connectivity index (χ2v) is 5.64. The standard InChI is InChI=1S/C12H8F4N2O2S/c13-10-2-1-7-17-11(10)18-21(19,20)9-5-3-8(4-6-9)12(14,15)16/h1-7H,(H,17,18). The fraction of sp³-hybridized carbons (Fsp3) is 0.0833. The Bertz CT molecular complexity index is 743. The third-order valence-corrected chi connectivity index (χ3v) is 3.84. The Kier molecular flexibility index (Phi) is 3.86. The van der Waals surface area contributed by atoms with Gasteiger partial charge in [0.1, 0.15) is 0 Å². The number of sulfonamides is 1. The van der Waals surface area contributed by atoms with Crippen LogP contribution in [0.25, 0.3) is 0 Å². The van der Waals surface area contributed by atoms with Gasteiger partial charge in [-0.25, -0.2) is 17.8 Å². The van der Waals surface area contributed by atoms with Crippen LogP contribution in [0.15, 0.2) is 47.5 Å². The number of anilines is 1. The molecular weight excluding hydrogens is 312 g/mol. The van der Waals surface area contributed by atoms with Crippen LogP contribution in [0.5, 0.6) is 0 Å². The first kappa shape index (κ1) is 15.2. The van der Waals surface area contributed by atoms with Gasteiger partial charge in [-0.1, -0.05) is 0 Å². The number of benzene rings is 1. The number of aromatic nitrogens is 1. The summed E-state index contributed by atoms with van der Waals surface area (Å²) in [5, 5.41) is 0. The van der Waals surface area contributed by atoms with Crippen LogP contribution in [-0.2, 0) is 16.2 Å². The first-order chi connectivity index (χ1) is 9.70. The second-order valence-electron chi connectivity index (χ2n) is 3.96. The monoisotopic (exact) mass is 320 g/mol. The summed E-state index contributed by atoms with van der Waals surface area (Å²) in [6.45, 7) is 0. The average molecular weight is 320 g/mol. The molecule has 0 fully saturated rings. The zero-order chi connectivity index (χ0) is 15.7. The van der Waals surface area contributed by atoms with E-state index in [1.165, 1.54) is 12.3 Å². The lowest BCUT2D eigenvalue weighted by Crippen LogP contribution is -2.15.